The molecule has 0 heteroatoms. The molecule has 4 spiro atoms. The highest BCUT2D eigenvalue weighted by Crippen LogP contribution is 2.91. The number of hydrogen-bond donors (Lipinski definition) is 0. The average molecular weight is 214 g/mol. The van der Waals surface area contributed by atoms with Crippen LogP contribution in [0.4, 0.5) is 0 Å². The largest absolute Gasteiger partial charge is 0.0873 e. The highest BCUT2D eigenvalue weighted by Gasteiger charge is 2.81. The van der Waals surface area contributed by atoms with E-state index in [-0.39, 0.29) is 0 Å². The van der Waals surface area contributed by atoms with Gasteiger partial charge in [0.25, 0.3) is 0 Å². The second kappa shape index (κ2) is 2.06. The molecule has 0 aliphatic heterocycles. The van der Waals surface area contributed by atoms with Gasteiger partial charge in [0.2, 0.25) is 0 Å². The van der Waals surface area contributed by atoms with Crippen LogP contribution in [0.2, 0.25) is 0 Å². The van der Waals surface area contributed by atoms with Crippen molar-refractivity contribution in [1.82, 2.24) is 0 Å². The molecule has 5 rings (SSSR count). The van der Waals surface area contributed by atoms with Gasteiger partial charge in [-0.25, -0.2) is 0 Å². The summed E-state index contributed by atoms with van der Waals surface area (Å²) >= 11 is 0. The fourth-order valence-corrected chi connectivity index (χ4v) is 6.03. The van der Waals surface area contributed by atoms with Gasteiger partial charge in [-0.15, -0.1) is 0 Å². The van der Waals surface area contributed by atoms with Crippen LogP contribution in [0, 0.1) is 21.7 Å². The zero-order valence-corrected chi connectivity index (χ0v) is 10.4. The molecule has 5 aliphatic rings. The first-order valence-corrected chi connectivity index (χ1v) is 7.40. The van der Waals surface area contributed by atoms with Gasteiger partial charge in [-0.2, -0.15) is 0 Å². The third-order valence-electron chi connectivity index (χ3n) is 7.23. The van der Waals surface area contributed by atoms with Gasteiger partial charge in [-0.1, -0.05) is 11.6 Å². The van der Waals surface area contributed by atoms with Crippen molar-refractivity contribution >= 4 is 0 Å². The maximum Gasteiger partial charge on any atom is -0.00252 e. The van der Waals surface area contributed by atoms with Crippen molar-refractivity contribution < 1.29 is 0 Å². The van der Waals surface area contributed by atoms with Crippen LogP contribution in [-0.2, 0) is 0 Å². The zero-order valence-electron chi connectivity index (χ0n) is 10.4. The van der Waals surface area contributed by atoms with Crippen LogP contribution in [0.1, 0.15) is 64.7 Å². The minimum absolute atomic E-state index is 0.756. The van der Waals surface area contributed by atoms with E-state index in [0.29, 0.717) is 0 Å². The summed E-state index contributed by atoms with van der Waals surface area (Å²) in [5.41, 5.74) is 5.15. The molecule has 0 bridgehead atoms. The summed E-state index contributed by atoms with van der Waals surface area (Å²) in [6.07, 6.45) is 16.7. The van der Waals surface area contributed by atoms with Crippen LogP contribution in [0.5, 0.6) is 0 Å². The van der Waals surface area contributed by atoms with Crippen molar-refractivity contribution in [2.45, 2.75) is 64.7 Å². The van der Waals surface area contributed by atoms with Gasteiger partial charge in [0.1, 0.15) is 0 Å². The topological polar surface area (TPSA) is 0 Å². The third kappa shape index (κ3) is 0.669. The second-order valence-corrected chi connectivity index (χ2v) is 7.60. The lowest BCUT2D eigenvalue weighted by atomic mass is 9.57. The van der Waals surface area contributed by atoms with E-state index in [1.165, 1.54) is 0 Å². The molecule has 0 saturated heterocycles. The molecule has 5 aliphatic carbocycles. The van der Waals surface area contributed by atoms with Gasteiger partial charge in [-0.3, -0.25) is 0 Å². The molecule has 0 aromatic carbocycles. The number of rotatable bonds is 0. The number of fused-ring (bicyclic) bond motifs is 2. The SMILES string of the molecule is CC=C1C2(CC2)C2(CC2)CC2(CC2)C12CC2. The molecular formula is C16H22. The Hall–Kier alpha value is -0.260. The minimum atomic E-state index is 0.756. The fourth-order valence-electron chi connectivity index (χ4n) is 6.03. The minimum Gasteiger partial charge on any atom is -0.0873 e. The van der Waals surface area contributed by atoms with Crippen LogP contribution in [0.25, 0.3) is 0 Å². The molecule has 0 nitrogen and oxygen atoms in total. The molecule has 0 amide bonds. The lowest BCUT2D eigenvalue weighted by molar-refractivity contribution is 0.112. The monoisotopic (exact) mass is 214 g/mol. The summed E-state index contributed by atoms with van der Waals surface area (Å²) < 4.78 is 0. The molecule has 5 saturated carbocycles. The molecule has 5 fully saturated rings. The summed E-state index contributed by atoms with van der Waals surface area (Å²) in [5, 5.41) is 0. The molecule has 16 heavy (non-hydrogen) atoms. The molecule has 0 unspecified atom stereocenters. The summed E-state index contributed by atoms with van der Waals surface area (Å²) in [6, 6.07) is 0. The van der Waals surface area contributed by atoms with E-state index in [0.717, 1.165) is 21.7 Å². The molecule has 0 heterocycles. The second-order valence-electron chi connectivity index (χ2n) is 7.60. The van der Waals surface area contributed by atoms with Crippen LogP contribution in [0.15, 0.2) is 11.6 Å². The Morgan fingerprint density at radius 3 is 1.44 bits per heavy atom. The highest BCUT2D eigenvalue weighted by molar-refractivity contribution is 5.46. The molecule has 86 valence electrons. The third-order valence-corrected chi connectivity index (χ3v) is 7.23. The number of hydrogen-bond acceptors (Lipinski definition) is 0. The maximum atomic E-state index is 2.57. The highest BCUT2D eigenvalue weighted by atomic mass is 14.8. The van der Waals surface area contributed by atoms with Crippen LogP contribution in [-0.4, -0.2) is 0 Å². The van der Waals surface area contributed by atoms with Crippen molar-refractivity contribution in [1.29, 1.82) is 0 Å². The Kier molecular flexibility index (Phi) is 1.13. The first-order chi connectivity index (χ1) is 7.73. The van der Waals surface area contributed by atoms with Crippen molar-refractivity contribution in [2.75, 3.05) is 0 Å². The van der Waals surface area contributed by atoms with Crippen LogP contribution >= 0.6 is 0 Å². The van der Waals surface area contributed by atoms with Crippen LogP contribution in [0.3, 0.4) is 0 Å². The summed E-state index contributed by atoms with van der Waals surface area (Å²) in [7, 11) is 0. The van der Waals surface area contributed by atoms with Crippen molar-refractivity contribution in [3.05, 3.63) is 11.6 Å². The Bertz CT molecular complexity index is 373. The van der Waals surface area contributed by atoms with Gasteiger partial charge in [0.15, 0.2) is 0 Å². The van der Waals surface area contributed by atoms with Gasteiger partial charge >= 0.3 is 0 Å². The Morgan fingerprint density at radius 2 is 1.19 bits per heavy atom. The van der Waals surface area contributed by atoms with Crippen molar-refractivity contribution in [2.24, 2.45) is 21.7 Å². The predicted octanol–water partition coefficient (Wildman–Crippen LogP) is 4.46. The first-order valence-electron chi connectivity index (χ1n) is 7.40. The Balaban J connectivity index is 1.72. The molecular weight excluding hydrogens is 192 g/mol. The van der Waals surface area contributed by atoms with E-state index in [1.54, 1.807) is 57.8 Å². The predicted molar refractivity (Wildman–Crippen MR) is 65.0 cm³/mol. The van der Waals surface area contributed by atoms with Crippen molar-refractivity contribution in [3.8, 4) is 0 Å². The molecule has 0 aromatic heterocycles. The normalized spacial score (nSPS) is 40.4. The molecule has 0 atom stereocenters. The van der Waals surface area contributed by atoms with E-state index in [2.05, 4.69) is 13.0 Å². The fraction of sp³-hybridized carbons (Fsp3) is 0.875. The van der Waals surface area contributed by atoms with Gasteiger partial charge in [-0.05, 0) is 86.4 Å². The van der Waals surface area contributed by atoms with Crippen molar-refractivity contribution in [3.63, 3.8) is 0 Å². The van der Waals surface area contributed by atoms with E-state index < -0.39 is 0 Å². The first kappa shape index (κ1) is 8.78. The van der Waals surface area contributed by atoms with E-state index in [4.69, 9.17) is 0 Å². The summed E-state index contributed by atoms with van der Waals surface area (Å²) in [6.45, 7) is 2.34. The average Bonchev–Trinajstić information content (AvgIpc) is 3.10. The summed E-state index contributed by atoms with van der Waals surface area (Å²) in [5.74, 6) is 0. The zero-order chi connectivity index (χ0) is 10.6. The standard InChI is InChI=1S/C16H22/c1-2-12-15(7-8-15)13(3-4-13)11-14(5-6-14)16(12)9-10-16/h2H,3-11H2,1H3. The van der Waals surface area contributed by atoms with E-state index in [9.17, 15) is 0 Å². The molecule has 0 radical (unpaired) electrons. The smallest absolute Gasteiger partial charge is 0.00252 e. The van der Waals surface area contributed by atoms with Gasteiger partial charge < -0.3 is 0 Å². The lowest BCUT2D eigenvalue weighted by Crippen LogP contribution is -2.39. The maximum absolute atomic E-state index is 2.57. The lowest BCUT2D eigenvalue weighted by Gasteiger charge is -2.47. The quantitative estimate of drug-likeness (QED) is 0.522. The Morgan fingerprint density at radius 1 is 0.750 bits per heavy atom. The van der Waals surface area contributed by atoms with Gasteiger partial charge in [0, 0.05) is 0 Å². The molecule has 0 N–H and O–H groups in total. The van der Waals surface area contributed by atoms with Crippen LogP contribution < -0.4 is 0 Å². The van der Waals surface area contributed by atoms with E-state index in [1.807, 2.05) is 5.57 Å². The van der Waals surface area contributed by atoms with E-state index >= 15 is 0 Å². The molecule has 0 aromatic rings. The summed E-state index contributed by atoms with van der Waals surface area (Å²) in [4.78, 5) is 0. The number of allylic oxidation sites excluding steroid dienone is 2. The Labute approximate surface area is 98.5 Å². The van der Waals surface area contributed by atoms with Gasteiger partial charge in [0.05, 0.1) is 0 Å².